The molecule has 0 bridgehead atoms. The van der Waals surface area contributed by atoms with Gasteiger partial charge in [0.15, 0.2) is 6.10 Å². The largest absolute Gasteiger partial charge is 0.496 e. The van der Waals surface area contributed by atoms with Gasteiger partial charge in [0.05, 0.1) is 7.11 Å². The molecule has 2 aromatic rings. The highest BCUT2D eigenvalue weighted by atomic mass is 16.5. The monoisotopic (exact) mass is 369 g/mol. The van der Waals surface area contributed by atoms with Crippen molar-refractivity contribution < 1.29 is 19.1 Å². The first-order valence-electron chi connectivity index (χ1n) is 9.57. The summed E-state index contributed by atoms with van der Waals surface area (Å²) in [7, 11) is 1.52. The van der Waals surface area contributed by atoms with Crippen molar-refractivity contribution in [2.45, 2.75) is 51.7 Å². The summed E-state index contributed by atoms with van der Waals surface area (Å²) < 4.78 is 10.8. The molecule has 0 radical (unpaired) electrons. The van der Waals surface area contributed by atoms with Crippen LogP contribution in [0.25, 0.3) is 10.8 Å². The van der Waals surface area contributed by atoms with Gasteiger partial charge in [0, 0.05) is 6.04 Å². The summed E-state index contributed by atoms with van der Waals surface area (Å²) in [6.07, 6.45) is 3.57. The summed E-state index contributed by atoms with van der Waals surface area (Å²) in [6, 6.07) is 11.4. The molecule has 2 aromatic carbocycles. The number of methoxy groups -OCH3 is 1. The zero-order valence-corrected chi connectivity index (χ0v) is 16.2. The Balaban J connectivity index is 1.70. The molecule has 1 aliphatic rings. The average Bonchev–Trinajstić information content (AvgIpc) is 2.68. The van der Waals surface area contributed by atoms with Crippen molar-refractivity contribution in [1.82, 2.24) is 5.32 Å². The molecule has 5 heteroatoms. The predicted molar refractivity (Wildman–Crippen MR) is 105 cm³/mol. The van der Waals surface area contributed by atoms with E-state index in [4.69, 9.17) is 9.47 Å². The highest BCUT2D eigenvalue weighted by Gasteiger charge is 2.27. The second kappa shape index (κ2) is 8.42. The zero-order valence-electron chi connectivity index (χ0n) is 16.2. The molecule has 1 aliphatic carbocycles. The number of nitrogens with one attached hydrogen (secondary N) is 1. The van der Waals surface area contributed by atoms with Crippen LogP contribution < -0.4 is 10.1 Å². The Bertz CT molecular complexity index is 832. The standard InChI is InChI=1S/C22H27NO4/c1-14-8-4-7-11-19(14)23-21(24)15(2)27-22(25)18-12-16-9-5-6-10-17(16)13-20(18)26-3/h5-6,9-10,12-15,19H,4,7-8,11H2,1-3H3,(H,23,24)/t14-,15+,19+/m0/s1. The molecular weight excluding hydrogens is 342 g/mol. The summed E-state index contributed by atoms with van der Waals surface area (Å²) in [4.78, 5) is 25.1. The molecule has 1 N–H and O–H groups in total. The van der Waals surface area contributed by atoms with Crippen molar-refractivity contribution in [3.8, 4) is 5.75 Å². The van der Waals surface area contributed by atoms with Crippen LogP contribution >= 0.6 is 0 Å². The first-order valence-corrected chi connectivity index (χ1v) is 9.57. The molecule has 144 valence electrons. The molecule has 27 heavy (non-hydrogen) atoms. The van der Waals surface area contributed by atoms with E-state index in [0.29, 0.717) is 17.2 Å². The van der Waals surface area contributed by atoms with Crippen LogP contribution in [0, 0.1) is 5.92 Å². The van der Waals surface area contributed by atoms with E-state index in [1.54, 1.807) is 19.1 Å². The summed E-state index contributed by atoms with van der Waals surface area (Å²) >= 11 is 0. The van der Waals surface area contributed by atoms with Crippen LogP contribution in [0.1, 0.15) is 49.9 Å². The third-order valence-electron chi connectivity index (χ3n) is 5.38. The summed E-state index contributed by atoms with van der Waals surface area (Å²) in [5, 5.41) is 4.93. The van der Waals surface area contributed by atoms with Crippen LogP contribution in [0.3, 0.4) is 0 Å². The fourth-order valence-corrected chi connectivity index (χ4v) is 3.66. The van der Waals surface area contributed by atoms with Crippen LogP contribution in [-0.2, 0) is 9.53 Å². The minimum absolute atomic E-state index is 0.155. The number of esters is 1. The third-order valence-corrected chi connectivity index (χ3v) is 5.38. The van der Waals surface area contributed by atoms with Crippen molar-refractivity contribution in [2.75, 3.05) is 7.11 Å². The molecule has 5 nitrogen and oxygen atoms in total. The van der Waals surface area contributed by atoms with Crippen molar-refractivity contribution in [1.29, 1.82) is 0 Å². The molecule has 3 rings (SSSR count). The number of ether oxygens (including phenoxy) is 2. The summed E-state index contributed by atoms with van der Waals surface area (Å²) in [6.45, 7) is 3.76. The van der Waals surface area contributed by atoms with E-state index < -0.39 is 12.1 Å². The molecule has 1 fully saturated rings. The van der Waals surface area contributed by atoms with Crippen LogP contribution in [0.2, 0.25) is 0 Å². The number of hydrogen-bond donors (Lipinski definition) is 1. The highest BCUT2D eigenvalue weighted by Crippen LogP contribution is 2.27. The van der Waals surface area contributed by atoms with Gasteiger partial charge < -0.3 is 14.8 Å². The predicted octanol–water partition coefficient (Wildman–Crippen LogP) is 4.09. The molecule has 0 heterocycles. The van der Waals surface area contributed by atoms with Gasteiger partial charge in [-0.2, -0.15) is 0 Å². The lowest BCUT2D eigenvalue weighted by Gasteiger charge is -2.30. The minimum atomic E-state index is -0.859. The van der Waals surface area contributed by atoms with Gasteiger partial charge in [-0.3, -0.25) is 4.79 Å². The molecular formula is C22H27NO4. The Morgan fingerprint density at radius 3 is 2.44 bits per heavy atom. The van der Waals surface area contributed by atoms with Gasteiger partial charge in [-0.15, -0.1) is 0 Å². The maximum Gasteiger partial charge on any atom is 0.342 e. The fraction of sp³-hybridized carbons (Fsp3) is 0.455. The van der Waals surface area contributed by atoms with Crippen LogP contribution in [0.4, 0.5) is 0 Å². The molecule has 0 saturated heterocycles. The molecule has 0 unspecified atom stereocenters. The average molecular weight is 369 g/mol. The number of carbonyl (C=O) groups excluding carboxylic acids is 2. The lowest BCUT2D eigenvalue weighted by atomic mass is 9.86. The van der Waals surface area contributed by atoms with E-state index in [9.17, 15) is 9.59 Å². The maximum absolute atomic E-state index is 12.7. The van der Waals surface area contributed by atoms with Crippen LogP contribution in [0.5, 0.6) is 5.75 Å². The number of benzene rings is 2. The van der Waals surface area contributed by atoms with Gasteiger partial charge in [-0.1, -0.05) is 44.0 Å². The summed E-state index contributed by atoms with van der Waals surface area (Å²) in [5.74, 6) is 0.0807. The summed E-state index contributed by atoms with van der Waals surface area (Å²) in [5.41, 5.74) is 0.321. The lowest BCUT2D eigenvalue weighted by molar-refractivity contribution is -0.130. The number of carbonyl (C=O) groups is 2. The van der Waals surface area contributed by atoms with Crippen molar-refractivity contribution in [3.63, 3.8) is 0 Å². The van der Waals surface area contributed by atoms with E-state index in [1.807, 2.05) is 24.3 Å². The number of rotatable bonds is 5. The normalized spacial score (nSPS) is 20.7. The highest BCUT2D eigenvalue weighted by molar-refractivity contribution is 5.99. The van der Waals surface area contributed by atoms with E-state index >= 15 is 0 Å². The third kappa shape index (κ3) is 4.41. The number of fused-ring (bicyclic) bond motifs is 1. The number of amides is 1. The molecule has 3 atom stereocenters. The smallest absolute Gasteiger partial charge is 0.342 e. The van der Waals surface area contributed by atoms with Gasteiger partial charge in [-0.25, -0.2) is 4.79 Å². The van der Waals surface area contributed by atoms with Gasteiger partial charge in [0.1, 0.15) is 11.3 Å². The van der Waals surface area contributed by atoms with E-state index in [0.717, 1.165) is 30.0 Å². The number of hydrogen-bond acceptors (Lipinski definition) is 4. The Labute approximate surface area is 160 Å². The first-order chi connectivity index (χ1) is 13.0. The van der Waals surface area contributed by atoms with Gasteiger partial charge in [-0.05, 0) is 48.6 Å². The molecule has 0 spiro atoms. The fourth-order valence-electron chi connectivity index (χ4n) is 3.66. The van der Waals surface area contributed by atoms with Crippen LogP contribution in [-0.4, -0.2) is 31.1 Å². The topological polar surface area (TPSA) is 64.6 Å². The van der Waals surface area contributed by atoms with Crippen molar-refractivity contribution >= 4 is 22.6 Å². The van der Waals surface area contributed by atoms with E-state index in [-0.39, 0.29) is 11.9 Å². The van der Waals surface area contributed by atoms with Gasteiger partial charge in [0.2, 0.25) is 0 Å². The lowest BCUT2D eigenvalue weighted by Crippen LogP contribution is -2.46. The Hall–Kier alpha value is -2.56. The Kier molecular flexibility index (Phi) is 5.99. The second-order valence-electron chi connectivity index (χ2n) is 7.32. The molecule has 1 amide bonds. The zero-order chi connectivity index (χ0) is 19.4. The van der Waals surface area contributed by atoms with Gasteiger partial charge >= 0.3 is 5.97 Å². The van der Waals surface area contributed by atoms with Crippen molar-refractivity contribution in [2.24, 2.45) is 5.92 Å². The van der Waals surface area contributed by atoms with Gasteiger partial charge in [0.25, 0.3) is 5.91 Å². The molecule has 1 saturated carbocycles. The van der Waals surface area contributed by atoms with Crippen LogP contribution in [0.15, 0.2) is 36.4 Å². The quantitative estimate of drug-likeness (QED) is 0.806. The van der Waals surface area contributed by atoms with E-state index in [2.05, 4.69) is 12.2 Å². The molecule has 0 aromatic heterocycles. The Morgan fingerprint density at radius 1 is 1.11 bits per heavy atom. The first kappa shape index (κ1) is 19.2. The Morgan fingerprint density at radius 2 is 1.78 bits per heavy atom. The SMILES string of the molecule is COc1cc2ccccc2cc1C(=O)O[C@H](C)C(=O)N[C@@H]1CCCC[C@@H]1C. The maximum atomic E-state index is 12.7. The second-order valence-corrected chi connectivity index (χ2v) is 7.32. The minimum Gasteiger partial charge on any atom is -0.496 e. The van der Waals surface area contributed by atoms with E-state index in [1.165, 1.54) is 13.5 Å². The van der Waals surface area contributed by atoms with Crippen molar-refractivity contribution in [3.05, 3.63) is 42.0 Å². The molecule has 0 aliphatic heterocycles.